The van der Waals surface area contributed by atoms with Gasteiger partial charge in [0.05, 0.1) is 16.3 Å². The van der Waals surface area contributed by atoms with Gasteiger partial charge in [-0.25, -0.2) is 0 Å². The lowest BCUT2D eigenvalue weighted by Gasteiger charge is -1.92. The van der Waals surface area contributed by atoms with Gasteiger partial charge in [0, 0.05) is 0 Å². The molecule has 0 radical (unpaired) electrons. The van der Waals surface area contributed by atoms with Gasteiger partial charge in [-0.15, -0.1) is 0 Å². The average Bonchev–Trinajstić information content (AvgIpc) is 1.36. The lowest BCUT2D eigenvalue weighted by molar-refractivity contribution is -0.112. The van der Waals surface area contributed by atoms with Gasteiger partial charge in [-0.3, -0.25) is 0 Å². The minimum atomic E-state index is -0.225. The molecule has 2 N–H and O–H groups in total. The number of carbonyl (C=O) groups is 1. The van der Waals surface area contributed by atoms with Crippen LogP contribution in [0, 0.1) is 0 Å². The molecule has 0 amide bonds. The maximum Gasteiger partial charge on any atom is 0.116 e. The fraction of sp³-hybridized carbons (Fsp3) is 0.667. The van der Waals surface area contributed by atoms with Crippen molar-refractivity contribution in [1.82, 2.24) is 0 Å². The fourth-order valence-corrected chi connectivity index (χ4v) is 0. The van der Waals surface area contributed by atoms with Crippen molar-refractivity contribution in [3.8, 4) is 0 Å². The van der Waals surface area contributed by atoms with Crippen molar-refractivity contribution in [2.24, 2.45) is 5.73 Å². The van der Waals surface area contributed by atoms with Crippen LogP contribution in [0.15, 0.2) is 0 Å². The molecule has 3 heteroatoms. The molecular weight excluding hydrogens is 94.1 g/mol. The SMILES string of the molecule is C[C@H](N)C(=O)[SiH3]. The molecule has 2 nitrogen and oxygen atoms in total. The van der Waals surface area contributed by atoms with Gasteiger partial charge < -0.3 is 10.5 Å². The van der Waals surface area contributed by atoms with Gasteiger partial charge in [0.2, 0.25) is 0 Å². The first-order valence-electron chi connectivity index (χ1n) is 1.90. The van der Waals surface area contributed by atoms with Gasteiger partial charge in [0.15, 0.2) is 0 Å². The molecule has 0 fully saturated rings. The average molecular weight is 103 g/mol. The van der Waals surface area contributed by atoms with Crippen molar-refractivity contribution in [2.45, 2.75) is 13.0 Å². The van der Waals surface area contributed by atoms with Crippen LogP contribution in [0.3, 0.4) is 0 Å². The Labute approximate surface area is 40.1 Å². The molecule has 0 heterocycles. The summed E-state index contributed by atoms with van der Waals surface area (Å²) in [5, 5.41) is 0.176. The van der Waals surface area contributed by atoms with Crippen LogP contribution in [0.25, 0.3) is 0 Å². The van der Waals surface area contributed by atoms with Gasteiger partial charge in [-0.2, -0.15) is 0 Å². The third-order valence-corrected chi connectivity index (χ3v) is 1.55. The molecule has 6 heavy (non-hydrogen) atoms. The number of nitrogens with two attached hydrogens (primary N) is 1. The Balaban J connectivity index is 3.26. The van der Waals surface area contributed by atoms with Crippen LogP contribution in [0.2, 0.25) is 0 Å². The Kier molecular flexibility index (Phi) is 2.04. The fourth-order valence-electron chi connectivity index (χ4n) is 0. The molecule has 0 unspecified atom stereocenters. The summed E-state index contributed by atoms with van der Waals surface area (Å²) < 4.78 is 0. The van der Waals surface area contributed by atoms with E-state index in [-0.39, 0.29) is 11.4 Å². The zero-order chi connectivity index (χ0) is 5.15. The van der Waals surface area contributed by atoms with Gasteiger partial charge in [-0.05, 0) is 6.92 Å². The normalized spacial score (nSPS) is 14.3. The van der Waals surface area contributed by atoms with Crippen LogP contribution >= 0.6 is 0 Å². The molecular formula is C3H9NOSi. The van der Waals surface area contributed by atoms with E-state index in [1.165, 1.54) is 0 Å². The summed E-state index contributed by atoms with van der Waals surface area (Å²) in [5.74, 6) is 0. The van der Waals surface area contributed by atoms with Crippen LogP contribution in [-0.2, 0) is 4.79 Å². The molecule has 0 aliphatic heterocycles. The van der Waals surface area contributed by atoms with E-state index in [9.17, 15) is 4.79 Å². The third kappa shape index (κ3) is 2.11. The summed E-state index contributed by atoms with van der Waals surface area (Å²) in [7, 11) is 0.590. The van der Waals surface area contributed by atoms with E-state index in [2.05, 4.69) is 0 Å². The lowest BCUT2D eigenvalue weighted by Crippen LogP contribution is -2.26. The molecule has 0 aromatic rings. The molecule has 0 aromatic carbocycles. The van der Waals surface area contributed by atoms with E-state index in [4.69, 9.17) is 5.73 Å². The van der Waals surface area contributed by atoms with Crippen molar-refractivity contribution < 1.29 is 4.79 Å². The third-order valence-electron chi connectivity index (χ3n) is 0.641. The van der Waals surface area contributed by atoms with Gasteiger partial charge in [0.1, 0.15) is 5.41 Å². The number of hydrogen-bond acceptors (Lipinski definition) is 2. The van der Waals surface area contributed by atoms with Crippen LogP contribution in [0.1, 0.15) is 6.92 Å². The van der Waals surface area contributed by atoms with E-state index in [1.807, 2.05) is 0 Å². The number of rotatable bonds is 1. The van der Waals surface area contributed by atoms with E-state index >= 15 is 0 Å². The quantitative estimate of drug-likeness (QED) is 0.399. The number of hydrogen-bond donors (Lipinski definition) is 1. The summed E-state index contributed by atoms with van der Waals surface area (Å²) in [4.78, 5) is 10.1. The van der Waals surface area contributed by atoms with Crippen molar-refractivity contribution in [2.75, 3.05) is 0 Å². The van der Waals surface area contributed by atoms with Gasteiger partial charge >= 0.3 is 0 Å². The van der Waals surface area contributed by atoms with E-state index in [0.29, 0.717) is 10.2 Å². The first kappa shape index (κ1) is 5.85. The molecule has 0 rings (SSSR count). The van der Waals surface area contributed by atoms with E-state index in [0.717, 1.165) is 0 Å². The van der Waals surface area contributed by atoms with Crippen molar-refractivity contribution in [1.29, 1.82) is 0 Å². The topological polar surface area (TPSA) is 43.1 Å². The Morgan fingerprint density at radius 2 is 2.17 bits per heavy atom. The van der Waals surface area contributed by atoms with Crippen LogP contribution in [0.4, 0.5) is 0 Å². The van der Waals surface area contributed by atoms with Crippen LogP contribution in [0.5, 0.6) is 0 Å². The monoisotopic (exact) mass is 103 g/mol. The Morgan fingerprint density at radius 3 is 2.17 bits per heavy atom. The largest absolute Gasteiger partial charge is 0.322 e. The summed E-state index contributed by atoms with van der Waals surface area (Å²) in [5.41, 5.74) is 5.12. The molecule has 0 spiro atoms. The minimum Gasteiger partial charge on any atom is -0.322 e. The summed E-state index contributed by atoms with van der Waals surface area (Å²) in [6.07, 6.45) is 0. The molecule has 1 atom stereocenters. The summed E-state index contributed by atoms with van der Waals surface area (Å²) in [6.45, 7) is 1.70. The van der Waals surface area contributed by atoms with Crippen molar-refractivity contribution in [3.05, 3.63) is 0 Å². The molecule has 0 aromatic heterocycles. The van der Waals surface area contributed by atoms with Crippen LogP contribution < -0.4 is 5.73 Å². The highest BCUT2D eigenvalue weighted by molar-refractivity contribution is 6.58. The Bertz CT molecular complexity index is 61.8. The molecule has 36 valence electrons. The molecule has 0 saturated carbocycles. The lowest BCUT2D eigenvalue weighted by atomic mass is 10.4. The zero-order valence-corrected chi connectivity index (χ0v) is 6.06. The molecule has 0 aliphatic carbocycles. The second-order valence-corrected chi connectivity index (χ2v) is 2.38. The van der Waals surface area contributed by atoms with Crippen molar-refractivity contribution >= 4 is 15.6 Å². The Morgan fingerprint density at radius 1 is 2.00 bits per heavy atom. The van der Waals surface area contributed by atoms with Crippen LogP contribution in [-0.4, -0.2) is 21.7 Å². The molecule has 0 bridgehead atoms. The standard InChI is InChI=1S/C3H9NOSi/c1-2(4)3(5)6/h2H,4H2,1,6H3/t2-/m0/s1. The highest BCUT2D eigenvalue weighted by atomic mass is 28.1. The predicted octanol–water partition coefficient (Wildman–Crippen LogP) is -1.77. The summed E-state index contributed by atoms with van der Waals surface area (Å²) >= 11 is 0. The molecule has 0 aliphatic rings. The van der Waals surface area contributed by atoms with E-state index < -0.39 is 0 Å². The first-order chi connectivity index (χ1) is 2.64. The molecule has 0 saturated heterocycles. The predicted molar refractivity (Wildman–Crippen MR) is 28.6 cm³/mol. The second kappa shape index (κ2) is 2.10. The second-order valence-electron chi connectivity index (χ2n) is 1.40. The first-order valence-corrected chi connectivity index (χ1v) is 2.90. The van der Waals surface area contributed by atoms with Gasteiger partial charge in [0.25, 0.3) is 0 Å². The minimum absolute atomic E-state index is 0.176. The summed E-state index contributed by atoms with van der Waals surface area (Å²) in [6, 6.07) is -0.225. The van der Waals surface area contributed by atoms with Gasteiger partial charge in [-0.1, -0.05) is 0 Å². The number of carbonyl (C=O) groups excluding carboxylic acids is 1. The Hall–Kier alpha value is -0.153. The zero-order valence-electron chi connectivity index (χ0n) is 4.06. The maximum absolute atomic E-state index is 10.1. The highest BCUT2D eigenvalue weighted by Crippen LogP contribution is 1.67. The smallest absolute Gasteiger partial charge is 0.116 e. The van der Waals surface area contributed by atoms with Crippen molar-refractivity contribution in [3.63, 3.8) is 0 Å². The van der Waals surface area contributed by atoms with E-state index in [1.54, 1.807) is 6.92 Å². The highest BCUT2D eigenvalue weighted by Gasteiger charge is 1.94. The maximum atomic E-state index is 10.1.